The minimum Gasteiger partial charge on any atom is -1.00 e. The van der Waals surface area contributed by atoms with Gasteiger partial charge in [-0.2, -0.15) is 0 Å². The van der Waals surface area contributed by atoms with E-state index in [1.165, 1.54) is 38.3 Å². The smallest absolute Gasteiger partial charge is 1.00 e. The molecule has 0 aromatic heterocycles. The molecule has 0 spiro atoms. The molecule has 3 aliphatic rings. The molecule has 3 aromatic rings. The molecule has 0 fully saturated rings. The third-order valence-electron chi connectivity index (χ3n) is 7.30. The number of fused-ring (bicyclic) bond motifs is 5. The molecule has 6 rings (SSSR count). The molecule has 3 aliphatic carbocycles. The quantitative estimate of drug-likeness (QED) is 0.408. The van der Waals surface area contributed by atoms with Gasteiger partial charge in [0.2, 0.25) is 0 Å². The summed E-state index contributed by atoms with van der Waals surface area (Å²) in [5.41, 5.74) is 9.93. The zero-order valence-corrected chi connectivity index (χ0v) is 22.5. The summed E-state index contributed by atoms with van der Waals surface area (Å²) < 4.78 is 0. The monoisotopic (exact) mass is 518 g/mol. The standard InChI is InChI=1S/C29H24Si.2ClH.Ti/c1-3-30(2,28-24-16-8-4-12-20(24)21-13-5-9-17-25(21)28)29-26-18-10-6-14-22(26)23-15-7-11-19-27(23)29;;;/h3-19,24,29H,1H2,2H3;2*1H;/q;;;+2/p-2. The maximum Gasteiger partial charge on any atom is 2.00 e. The van der Waals surface area contributed by atoms with Gasteiger partial charge in [0, 0.05) is 11.5 Å². The molecule has 0 nitrogen and oxygen atoms in total. The van der Waals surface area contributed by atoms with Gasteiger partial charge in [0.1, 0.15) is 8.07 Å². The summed E-state index contributed by atoms with van der Waals surface area (Å²) in [5, 5.41) is 4.45. The van der Waals surface area contributed by atoms with Crippen molar-refractivity contribution >= 4 is 18.8 Å². The van der Waals surface area contributed by atoms with Gasteiger partial charge in [-0.3, -0.25) is 0 Å². The van der Waals surface area contributed by atoms with E-state index in [1.807, 2.05) is 0 Å². The summed E-state index contributed by atoms with van der Waals surface area (Å²) in [4.78, 5) is 0. The van der Waals surface area contributed by atoms with Crippen molar-refractivity contribution in [1.82, 2.24) is 0 Å². The third-order valence-corrected chi connectivity index (χ3v) is 11.7. The van der Waals surface area contributed by atoms with E-state index in [1.54, 1.807) is 5.20 Å². The van der Waals surface area contributed by atoms with E-state index in [9.17, 15) is 0 Å². The van der Waals surface area contributed by atoms with Crippen LogP contribution in [0.25, 0.3) is 21.9 Å². The van der Waals surface area contributed by atoms with Gasteiger partial charge in [-0.1, -0.05) is 115 Å². The Balaban J connectivity index is 0.00000102. The van der Waals surface area contributed by atoms with Gasteiger partial charge in [0.15, 0.2) is 0 Å². The first-order valence-corrected chi connectivity index (χ1v) is 13.4. The second kappa shape index (κ2) is 9.78. The van der Waals surface area contributed by atoms with E-state index in [2.05, 4.69) is 116 Å². The van der Waals surface area contributed by atoms with E-state index in [-0.39, 0.29) is 46.5 Å². The normalized spacial score (nSPS) is 18.5. The average molecular weight is 519 g/mol. The zero-order chi connectivity index (χ0) is 20.3. The number of rotatable bonds is 3. The molecule has 2 atom stereocenters. The Hall–Kier alpha value is -1.87. The molecule has 0 saturated carbocycles. The summed E-state index contributed by atoms with van der Waals surface area (Å²) in [6, 6.07) is 27.0. The molecule has 0 N–H and O–H groups in total. The van der Waals surface area contributed by atoms with Crippen LogP contribution >= 0.6 is 0 Å². The Morgan fingerprint density at radius 2 is 1.30 bits per heavy atom. The number of halogens is 2. The van der Waals surface area contributed by atoms with Crippen molar-refractivity contribution < 1.29 is 46.5 Å². The van der Waals surface area contributed by atoms with E-state index in [0.29, 0.717) is 11.5 Å². The van der Waals surface area contributed by atoms with Gasteiger partial charge in [0.25, 0.3) is 0 Å². The van der Waals surface area contributed by atoms with Crippen molar-refractivity contribution in [3.63, 3.8) is 0 Å². The van der Waals surface area contributed by atoms with Gasteiger partial charge < -0.3 is 24.8 Å². The second-order valence-corrected chi connectivity index (χ2v) is 12.8. The molecule has 33 heavy (non-hydrogen) atoms. The van der Waals surface area contributed by atoms with Crippen LogP contribution in [0.4, 0.5) is 0 Å². The van der Waals surface area contributed by atoms with Crippen LogP contribution < -0.4 is 35.3 Å². The molecular weight excluding hydrogens is 495 g/mol. The van der Waals surface area contributed by atoms with Crippen molar-refractivity contribution in [1.29, 1.82) is 0 Å². The molecule has 0 aliphatic heterocycles. The first kappa shape index (κ1) is 25.7. The Bertz CT molecular complexity index is 1360. The minimum atomic E-state index is -2.14. The number of allylic oxidation sites excluding steroid dienone is 4. The first-order valence-electron chi connectivity index (χ1n) is 10.7. The molecule has 162 valence electrons. The largest absolute Gasteiger partial charge is 2.00 e. The Morgan fingerprint density at radius 3 is 1.91 bits per heavy atom. The average Bonchev–Trinajstić information content (AvgIpc) is 3.33. The van der Waals surface area contributed by atoms with Crippen LogP contribution in [0, 0.1) is 5.92 Å². The Kier molecular flexibility index (Phi) is 7.63. The van der Waals surface area contributed by atoms with Crippen LogP contribution in [0.15, 0.2) is 109 Å². The van der Waals surface area contributed by atoms with Gasteiger partial charge in [0.05, 0.1) is 0 Å². The van der Waals surface area contributed by atoms with Crippen molar-refractivity contribution in [2.24, 2.45) is 5.92 Å². The van der Waals surface area contributed by atoms with Crippen molar-refractivity contribution in [3.05, 3.63) is 131 Å². The molecule has 0 heterocycles. The summed E-state index contributed by atoms with van der Waals surface area (Å²) in [5.74, 6) is 0.363. The van der Waals surface area contributed by atoms with Crippen molar-refractivity contribution in [2.45, 2.75) is 12.1 Å². The fourth-order valence-corrected chi connectivity index (χ4v) is 10.3. The van der Waals surface area contributed by atoms with Crippen molar-refractivity contribution in [3.8, 4) is 11.1 Å². The molecule has 0 amide bonds. The SMILES string of the molecule is C=C[Si](C)(C1=c2ccccc2=C2C=CC=CC21)C1c2ccccc2-c2ccccc21.[Cl-].[Cl-].[Ti+2]. The van der Waals surface area contributed by atoms with Crippen LogP contribution in [0.3, 0.4) is 0 Å². The van der Waals surface area contributed by atoms with Crippen LogP contribution in [-0.2, 0) is 21.7 Å². The molecule has 0 radical (unpaired) electrons. The van der Waals surface area contributed by atoms with Gasteiger partial charge >= 0.3 is 21.7 Å². The minimum absolute atomic E-state index is 0. The van der Waals surface area contributed by atoms with E-state index >= 15 is 0 Å². The summed E-state index contributed by atoms with van der Waals surface area (Å²) >= 11 is 0. The summed E-state index contributed by atoms with van der Waals surface area (Å²) in [6.45, 7) is 7.00. The van der Waals surface area contributed by atoms with Gasteiger partial charge in [-0.15, -0.1) is 6.58 Å². The molecule has 3 aromatic carbocycles. The summed E-state index contributed by atoms with van der Waals surface area (Å²) in [7, 11) is -2.14. The topological polar surface area (TPSA) is 0 Å². The molecular formula is C29H24Cl2SiTi. The van der Waals surface area contributed by atoms with E-state index in [0.717, 1.165) is 0 Å². The Morgan fingerprint density at radius 1 is 0.758 bits per heavy atom. The maximum atomic E-state index is 4.47. The predicted molar refractivity (Wildman–Crippen MR) is 130 cm³/mol. The Labute approximate surface area is 224 Å². The molecule has 4 heteroatoms. The van der Waals surface area contributed by atoms with Crippen LogP contribution in [0.2, 0.25) is 6.55 Å². The van der Waals surface area contributed by atoms with Crippen LogP contribution in [-0.4, -0.2) is 8.07 Å². The zero-order valence-electron chi connectivity index (χ0n) is 18.4. The van der Waals surface area contributed by atoms with E-state index < -0.39 is 8.07 Å². The first-order chi connectivity index (χ1) is 14.7. The third kappa shape index (κ3) is 3.62. The molecule has 0 saturated heterocycles. The second-order valence-electron chi connectivity index (χ2n) is 8.73. The van der Waals surface area contributed by atoms with Gasteiger partial charge in [-0.25, -0.2) is 0 Å². The maximum absolute atomic E-state index is 4.47. The number of hydrogen-bond acceptors (Lipinski definition) is 0. The number of hydrogen-bond donors (Lipinski definition) is 0. The fraction of sp³-hybridized carbons (Fsp3) is 0.103. The van der Waals surface area contributed by atoms with Crippen LogP contribution in [0.5, 0.6) is 0 Å². The molecule has 2 unspecified atom stereocenters. The molecule has 0 bridgehead atoms. The van der Waals surface area contributed by atoms with E-state index in [4.69, 9.17) is 0 Å². The fourth-order valence-electron chi connectivity index (χ4n) is 6.00. The number of benzene rings is 3. The van der Waals surface area contributed by atoms with Gasteiger partial charge in [-0.05, 0) is 38.3 Å². The predicted octanol–water partition coefficient (Wildman–Crippen LogP) is -0.556. The van der Waals surface area contributed by atoms with Crippen LogP contribution in [0.1, 0.15) is 16.7 Å². The summed E-state index contributed by atoms with van der Waals surface area (Å²) in [6.07, 6.45) is 9.10. The van der Waals surface area contributed by atoms with Crippen molar-refractivity contribution in [2.75, 3.05) is 0 Å².